The number of nitrogens with zero attached hydrogens (tertiary/aromatic N) is 1. The van der Waals surface area contributed by atoms with Crippen LogP contribution in [-0.4, -0.2) is 55.3 Å². The molecule has 0 aromatic heterocycles. The first-order valence-electron chi connectivity index (χ1n) is 10.1. The second-order valence-corrected chi connectivity index (χ2v) is 11.1. The fraction of sp³-hybridized carbons (Fsp3) is 0.619. The lowest BCUT2D eigenvalue weighted by atomic mass is 10.0. The zero-order chi connectivity index (χ0) is 22.7. The van der Waals surface area contributed by atoms with Crippen molar-refractivity contribution < 1.29 is 27.1 Å². The molecule has 1 aromatic carbocycles. The molecule has 0 aliphatic carbocycles. The molecule has 0 saturated carbocycles. The van der Waals surface area contributed by atoms with Crippen molar-refractivity contribution >= 4 is 21.8 Å². The summed E-state index contributed by atoms with van der Waals surface area (Å²) >= 11 is 0. The van der Waals surface area contributed by atoms with Crippen LogP contribution in [0, 0.1) is 11.7 Å². The van der Waals surface area contributed by atoms with Gasteiger partial charge < -0.3 is 15.0 Å². The van der Waals surface area contributed by atoms with Gasteiger partial charge in [-0.15, -0.1) is 0 Å². The van der Waals surface area contributed by atoms with E-state index in [-0.39, 0.29) is 42.7 Å². The minimum Gasteiger partial charge on any atom is -0.444 e. The van der Waals surface area contributed by atoms with Gasteiger partial charge in [0.05, 0.1) is 10.1 Å². The Kier molecular flexibility index (Phi) is 7.49. The molecule has 1 aromatic rings. The standard InChI is InChI=1S/C21H31FN2O5S/c1-14(2)18(23-20(26)29-21(3,4)5)19(25)24-12-10-17(11-13-24)30(27,28)16-8-6-15(22)7-9-16/h6-9,14,17-18H,10-13H2,1-5H3,(H,23,26)/t18-/m0/s1. The molecule has 0 radical (unpaired) electrons. The number of alkyl carbamates (subject to hydrolysis) is 1. The number of benzene rings is 1. The molecule has 7 nitrogen and oxygen atoms in total. The van der Waals surface area contributed by atoms with Crippen LogP contribution in [0.2, 0.25) is 0 Å². The minimum absolute atomic E-state index is 0.0836. The van der Waals surface area contributed by atoms with Gasteiger partial charge in [-0.1, -0.05) is 13.8 Å². The third-order valence-electron chi connectivity index (χ3n) is 4.94. The van der Waals surface area contributed by atoms with E-state index in [4.69, 9.17) is 4.74 Å². The SMILES string of the molecule is CC(C)[C@H](NC(=O)OC(C)(C)C)C(=O)N1CCC(S(=O)(=O)c2ccc(F)cc2)CC1. The van der Waals surface area contributed by atoms with Gasteiger partial charge in [-0.05, 0) is 63.8 Å². The highest BCUT2D eigenvalue weighted by Gasteiger charge is 2.36. The molecule has 1 atom stereocenters. The maximum Gasteiger partial charge on any atom is 0.408 e. The van der Waals surface area contributed by atoms with Gasteiger partial charge in [-0.25, -0.2) is 17.6 Å². The van der Waals surface area contributed by atoms with Gasteiger partial charge >= 0.3 is 6.09 Å². The van der Waals surface area contributed by atoms with Crippen molar-refractivity contribution in [2.24, 2.45) is 5.92 Å². The van der Waals surface area contributed by atoms with Crippen molar-refractivity contribution in [3.05, 3.63) is 30.1 Å². The molecule has 9 heteroatoms. The van der Waals surface area contributed by atoms with Gasteiger partial charge in [0.15, 0.2) is 9.84 Å². The number of amides is 2. The monoisotopic (exact) mass is 442 g/mol. The first kappa shape index (κ1) is 24.1. The van der Waals surface area contributed by atoms with Crippen molar-refractivity contribution in [1.29, 1.82) is 0 Å². The van der Waals surface area contributed by atoms with E-state index in [1.165, 1.54) is 12.1 Å². The quantitative estimate of drug-likeness (QED) is 0.707. The van der Waals surface area contributed by atoms with Crippen molar-refractivity contribution in [1.82, 2.24) is 10.2 Å². The molecule has 1 fully saturated rings. The zero-order valence-electron chi connectivity index (χ0n) is 18.1. The smallest absolute Gasteiger partial charge is 0.408 e. The minimum atomic E-state index is -3.60. The average Bonchev–Trinajstić information content (AvgIpc) is 2.64. The normalized spacial score (nSPS) is 17.0. The third-order valence-corrected chi connectivity index (χ3v) is 7.22. The highest BCUT2D eigenvalue weighted by molar-refractivity contribution is 7.92. The number of sulfone groups is 1. The van der Waals surface area contributed by atoms with Crippen LogP contribution in [-0.2, 0) is 19.4 Å². The molecule has 30 heavy (non-hydrogen) atoms. The van der Waals surface area contributed by atoms with Crippen LogP contribution >= 0.6 is 0 Å². The van der Waals surface area contributed by atoms with Crippen LogP contribution in [0.3, 0.4) is 0 Å². The number of hydrogen-bond donors (Lipinski definition) is 1. The van der Waals surface area contributed by atoms with Crippen LogP contribution in [0.1, 0.15) is 47.5 Å². The Hall–Kier alpha value is -2.16. The lowest BCUT2D eigenvalue weighted by molar-refractivity contribution is -0.135. The molecule has 0 unspecified atom stereocenters. The van der Waals surface area contributed by atoms with Gasteiger partial charge in [0.2, 0.25) is 5.91 Å². The Bertz CT molecular complexity index is 854. The van der Waals surface area contributed by atoms with E-state index in [1.807, 2.05) is 13.8 Å². The van der Waals surface area contributed by atoms with Crippen molar-refractivity contribution in [3.63, 3.8) is 0 Å². The Balaban J connectivity index is 2.02. The van der Waals surface area contributed by atoms with Gasteiger partial charge in [0.25, 0.3) is 0 Å². The van der Waals surface area contributed by atoms with Crippen LogP contribution in [0.4, 0.5) is 9.18 Å². The molecular weight excluding hydrogens is 411 g/mol. The highest BCUT2D eigenvalue weighted by atomic mass is 32.2. The van der Waals surface area contributed by atoms with E-state index >= 15 is 0 Å². The Morgan fingerprint density at radius 2 is 1.67 bits per heavy atom. The summed E-state index contributed by atoms with van der Waals surface area (Å²) in [4.78, 5) is 26.7. The largest absolute Gasteiger partial charge is 0.444 e. The number of carbonyl (C=O) groups excluding carboxylic acids is 2. The van der Waals surface area contributed by atoms with Gasteiger partial charge in [0.1, 0.15) is 17.5 Å². The van der Waals surface area contributed by atoms with Crippen molar-refractivity contribution in [3.8, 4) is 0 Å². The first-order valence-corrected chi connectivity index (χ1v) is 11.6. The molecule has 1 saturated heterocycles. The third kappa shape index (κ3) is 6.17. The van der Waals surface area contributed by atoms with Crippen LogP contribution < -0.4 is 5.32 Å². The summed E-state index contributed by atoms with van der Waals surface area (Å²) in [5, 5.41) is 2.00. The lowest BCUT2D eigenvalue weighted by Gasteiger charge is -2.35. The summed E-state index contributed by atoms with van der Waals surface area (Å²) in [7, 11) is -3.60. The molecule has 2 amide bonds. The summed E-state index contributed by atoms with van der Waals surface area (Å²) in [6.07, 6.45) is -0.103. The summed E-state index contributed by atoms with van der Waals surface area (Å²) in [5.74, 6) is -0.911. The molecule has 0 spiro atoms. The Morgan fingerprint density at radius 3 is 2.13 bits per heavy atom. The van der Waals surface area contributed by atoms with Gasteiger partial charge in [-0.2, -0.15) is 0 Å². The topological polar surface area (TPSA) is 92.8 Å². The first-order chi connectivity index (χ1) is 13.8. The van der Waals surface area contributed by atoms with Crippen LogP contribution in [0.15, 0.2) is 29.2 Å². The highest BCUT2D eigenvalue weighted by Crippen LogP contribution is 2.25. The molecule has 0 bridgehead atoms. The lowest BCUT2D eigenvalue weighted by Crippen LogP contribution is -2.54. The number of hydrogen-bond acceptors (Lipinski definition) is 5. The molecule has 2 rings (SSSR count). The van der Waals surface area contributed by atoms with E-state index in [2.05, 4.69) is 5.32 Å². The summed E-state index contributed by atoms with van der Waals surface area (Å²) in [6.45, 7) is 9.41. The van der Waals surface area contributed by atoms with E-state index in [9.17, 15) is 22.4 Å². The summed E-state index contributed by atoms with van der Waals surface area (Å²) < 4.78 is 43.9. The summed E-state index contributed by atoms with van der Waals surface area (Å²) in [5.41, 5.74) is -0.679. The second-order valence-electron chi connectivity index (χ2n) is 8.89. The maximum atomic E-state index is 13.1. The van der Waals surface area contributed by atoms with E-state index < -0.39 is 38.6 Å². The van der Waals surface area contributed by atoms with Gasteiger partial charge in [-0.3, -0.25) is 4.79 Å². The van der Waals surface area contributed by atoms with Gasteiger partial charge in [0, 0.05) is 13.1 Å². The van der Waals surface area contributed by atoms with E-state index in [1.54, 1.807) is 25.7 Å². The Morgan fingerprint density at radius 1 is 1.13 bits per heavy atom. The number of rotatable bonds is 5. The number of halogens is 1. The fourth-order valence-corrected chi connectivity index (χ4v) is 5.08. The summed E-state index contributed by atoms with van der Waals surface area (Å²) in [6, 6.07) is 4.02. The number of ether oxygens (including phenoxy) is 1. The number of likely N-dealkylation sites (tertiary alicyclic amines) is 1. The molecule has 1 aliphatic heterocycles. The van der Waals surface area contributed by atoms with Crippen molar-refractivity contribution in [2.75, 3.05) is 13.1 Å². The predicted octanol–water partition coefficient (Wildman–Crippen LogP) is 3.14. The number of piperidine rings is 1. The average molecular weight is 443 g/mol. The second kappa shape index (κ2) is 9.32. The van der Waals surface area contributed by atoms with E-state index in [0.29, 0.717) is 0 Å². The molecule has 1 N–H and O–H groups in total. The maximum absolute atomic E-state index is 13.1. The Labute approximate surface area is 177 Å². The van der Waals surface area contributed by atoms with E-state index in [0.717, 1.165) is 12.1 Å². The van der Waals surface area contributed by atoms with Crippen molar-refractivity contribution in [2.45, 2.75) is 69.2 Å². The molecular formula is C21H31FN2O5S. The zero-order valence-corrected chi connectivity index (χ0v) is 19.0. The van der Waals surface area contributed by atoms with Crippen LogP contribution in [0.25, 0.3) is 0 Å². The van der Waals surface area contributed by atoms with Crippen LogP contribution in [0.5, 0.6) is 0 Å². The molecule has 1 aliphatic rings. The number of nitrogens with one attached hydrogen (secondary N) is 1. The number of carbonyl (C=O) groups is 2. The molecule has 168 valence electrons. The molecule has 1 heterocycles. The fourth-order valence-electron chi connectivity index (χ4n) is 3.35. The predicted molar refractivity (Wildman–Crippen MR) is 111 cm³/mol.